The van der Waals surface area contributed by atoms with E-state index in [2.05, 4.69) is 4.98 Å². The van der Waals surface area contributed by atoms with Crippen LogP contribution in [-0.4, -0.2) is 9.55 Å². The minimum Gasteiger partial charge on any atom is -0.300 e. The monoisotopic (exact) mass is 201 g/mol. The van der Waals surface area contributed by atoms with Crippen molar-refractivity contribution < 1.29 is 4.39 Å². The van der Waals surface area contributed by atoms with Gasteiger partial charge < -0.3 is 0 Å². The second kappa shape index (κ2) is 3.93. The van der Waals surface area contributed by atoms with E-state index in [1.807, 2.05) is 6.07 Å². The molecule has 2 aromatic rings. The molecule has 0 saturated carbocycles. The summed E-state index contributed by atoms with van der Waals surface area (Å²) in [6.07, 6.45) is 3.37. The molecule has 0 N–H and O–H groups in total. The predicted octanol–water partition coefficient (Wildman–Crippen LogP) is 2.08. The molecule has 0 spiro atoms. The standard InChI is InChI=1S/C11H8FN3/c12-9-3-1-2-4-10(9)15-8-7-14-11(15)5-6-13/h1-4,7-8H,5H2. The lowest BCUT2D eigenvalue weighted by Crippen LogP contribution is -2.01. The summed E-state index contributed by atoms with van der Waals surface area (Å²) in [6.45, 7) is 0. The molecule has 4 heteroatoms. The molecule has 0 aliphatic rings. The molecule has 1 aromatic carbocycles. The van der Waals surface area contributed by atoms with Crippen LogP contribution in [0.4, 0.5) is 4.39 Å². The Bertz CT molecular complexity index is 511. The lowest BCUT2D eigenvalue weighted by atomic mass is 10.3. The molecule has 0 aliphatic heterocycles. The van der Waals surface area contributed by atoms with Gasteiger partial charge in [-0.3, -0.25) is 4.57 Å². The van der Waals surface area contributed by atoms with E-state index in [1.165, 1.54) is 6.07 Å². The normalized spacial score (nSPS) is 9.87. The summed E-state index contributed by atoms with van der Waals surface area (Å²) >= 11 is 0. The smallest absolute Gasteiger partial charge is 0.147 e. The van der Waals surface area contributed by atoms with Crippen LogP contribution < -0.4 is 0 Å². The summed E-state index contributed by atoms with van der Waals surface area (Å²) < 4.78 is 15.0. The molecule has 1 heterocycles. The van der Waals surface area contributed by atoms with Gasteiger partial charge in [-0.2, -0.15) is 5.26 Å². The molecule has 74 valence electrons. The molecule has 0 unspecified atom stereocenters. The van der Waals surface area contributed by atoms with Crippen LogP contribution in [0.25, 0.3) is 5.69 Å². The van der Waals surface area contributed by atoms with Crippen LogP contribution in [0.15, 0.2) is 36.7 Å². The Morgan fingerprint density at radius 3 is 2.93 bits per heavy atom. The van der Waals surface area contributed by atoms with Gasteiger partial charge in [0, 0.05) is 12.4 Å². The third-order valence-corrected chi connectivity index (χ3v) is 2.07. The summed E-state index contributed by atoms with van der Waals surface area (Å²) in [4.78, 5) is 4.00. The maximum atomic E-state index is 13.4. The van der Waals surface area contributed by atoms with Crippen molar-refractivity contribution in [1.82, 2.24) is 9.55 Å². The van der Waals surface area contributed by atoms with Gasteiger partial charge in [-0.05, 0) is 12.1 Å². The van der Waals surface area contributed by atoms with E-state index < -0.39 is 0 Å². The van der Waals surface area contributed by atoms with Gasteiger partial charge in [0.2, 0.25) is 0 Å². The topological polar surface area (TPSA) is 41.6 Å². The van der Waals surface area contributed by atoms with Gasteiger partial charge in [0.25, 0.3) is 0 Å². The summed E-state index contributed by atoms with van der Waals surface area (Å²) in [5.41, 5.74) is 0.417. The number of nitrogens with zero attached hydrogens (tertiary/aromatic N) is 3. The van der Waals surface area contributed by atoms with Gasteiger partial charge in [0.1, 0.15) is 11.6 Å². The fourth-order valence-electron chi connectivity index (χ4n) is 1.40. The number of aromatic nitrogens is 2. The highest BCUT2D eigenvalue weighted by Crippen LogP contribution is 2.14. The van der Waals surface area contributed by atoms with Gasteiger partial charge in [-0.15, -0.1) is 0 Å². The SMILES string of the molecule is N#CCc1nccn1-c1ccccc1F. The second-order valence-corrected chi connectivity index (χ2v) is 3.00. The lowest BCUT2D eigenvalue weighted by Gasteiger charge is -2.06. The van der Waals surface area contributed by atoms with E-state index in [9.17, 15) is 4.39 Å². The van der Waals surface area contributed by atoms with Crippen molar-refractivity contribution in [2.24, 2.45) is 0 Å². The van der Waals surface area contributed by atoms with Crippen LogP contribution in [0.3, 0.4) is 0 Å². The Kier molecular flexibility index (Phi) is 2.46. The number of para-hydroxylation sites is 1. The first-order valence-electron chi connectivity index (χ1n) is 4.47. The lowest BCUT2D eigenvalue weighted by molar-refractivity contribution is 0.616. The molecule has 3 nitrogen and oxygen atoms in total. The zero-order chi connectivity index (χ0) is 10.7. The summed E-state index contributed by atoms with van der Waals surface area (Å²) in [5.74, 6) is 0.220. The minimum absolute atomic E-state index is 0.168. The van der Waals surface area contributed by atoms with Crippen LogP contribution in [0, 0.1) is 17.1 Å². The van der Waals surface area contributed by atoms with E-state index in [4.69, 9.17) is 5.26 Å². The summed E-state index contributed by atoms with van der Waals surface area (Å²) in [6, 6.07) is 8.39. The molecular formula is C11H8FN3. The molecule has 0 amide bonds. The fourth-order valence-corrected chi connectivity index (χ4v) is 1.40. The third kappa shape index (κ3) is 1.72. The zero-order valence-corrected chi connectivity index (χ0v) is 7.89. The molecule has 15 heavy (non-hydrogen) atoms. The third-order valence-electron chi connectivity index (χ3n) is 2.07. The van der Waals surface area contributed by atoms with Crippen molar-refractivity contribution in [3.8, 4) is 11.8 Å². The van der Waals surface area contributed by atoms with Crippen LogP contribution >= 0.6 is 0 Å². The van der Waals surface area contributed by atoms with Crippen molar-refractivity contribution in [1.29, 1.82) is 5.26 Å². The molecule has 0 atom stereocenters. The molecule has 0 radical (unpaired) electrons. The highest BCUT2D eigenvalue weighted by Gasteiger charge is 2.07. The molecular weight excluding hydrogens is 193 g/mol. The number of hydrogen-bond donors (Lipinski definition) is 0. The van der Waals surface area contributed by atoms with Crippen LogP contribution in [-0.2, 0) is 6.42 Å². The molecule has 0 saturated heterocycles. The first-order chi connectivity index (χ1) is 7.33. The number of rotatable bonds is 2. The van der Waals surface area contributed by atoms with Crippen molar-refractivity contribution in [3.63, 3.8) is 0 Å². The van der Waals surface area contributed by atoms with Crippen LogP contribution in [0.1, 0.15) is 5.82 Å². The number of hydrogen-bond acceptors (Lipinski definition) is 2. The second-order valence-electron chi connectivity index (χ2n) is 3.00. The zero-order valence-electron chi connectivity index (χ0n) is 7.89. The minimum atomic E-state index is -0.324. The molecule has 2 rings (SSSR count). The first kappa shape index (κ1) is 9.41. The molecule has 0 bridgehead atoms. The molecule has 0 fully saturated rings. The van der Waals surface area contributed by atoms with E-state index in [0.717, 1.165) is 0 Å². The van der Waals surface area contributed by atoms with Gasteiger partial charge in [-0.1, -0.05) is 12.1 Å². The summed E-state index contributed by atoms with van der Waals surface area (Å²) in [7, 11) is 0. The van der Waals surface area contributed by atoms with E-state index in [-0.39, 0.29) is 12.2 Å². The number of imidazole rings is 1. The first-order valence-corrected chi connectivity index (χ1v) is 4.47. The number of halogens is 1. The quantitative estimate of drug-likeness (QED) is 0.746. The Morgan fingerprint density at radius 2 is 2.20 bits per heavy atom. The van der Waals surface area contributed by atoms with Gasteiger partial charge >= 0.3 is 0 Å². The highest BCUT2D eigenvalue weighted by atomic mass is 19.1. The van der Waals surface area contributed by atoms with Crippen molar-refractivity contribution in [3.05, 3.63) is 48.3 Å². The maximum Gasteiger partial charge on any atom is 0.147 e. The number of nitriles is 1. The fraction of sp³-hybridized carbons (Fsp3) is 0.0909. The van der Waals surface area contributed by atoms with Crippen molar-refractivity contribution in [2.45, 2.75) is 6.42 Å². The molecule has 0 aliphatic carbocycles. The Morgan fingerprint density at radius 1 is 1.40 bits per heavy atom. The Hall–Kier alpha value is -2.15. The largest absolute Gasteiger partial charge is 0.300 e. The van der Waals surface area contributed by atoms with Crippen LogP contribution in [0.2, 0.25) is 0 Å². The average Bonchev–Trinajstić information content (AvgIpc) is 2.67. The summed E-state index contributed by atoms with van der Waals surface area (Å²) in [5, 5.41) is 8.58. The Labute approximate surface area is 86.4 Å². The van der Waals surface area contributed by atoms with E-state index in [1.54, 1.807) is 35.2 Å². The van der Waals surface area contributed by atoms with Crippen molar-refractivity contribution >= 4 is 0 Å². The van der Waals surface area contributed by atoms with Gasteiger partial charge in [0.05, 0.1) is 18.2 Å². The Balaban J connectivity index is 2.51. The molecule has 1 aromatic heterocycles. The van der Waals surface area contributed by atoms with Crippen molar-refractivity contribution in [2.75, 3.05) is 0 Å². The highest BCUT2D eigenvalue weighted by molar-refractivity contribution is 5.35. The maximum absolute atomic E-state index is 13.4. The predicted molar refractivity (Wildman–Crippen MR) is 52.8 cm³/mol. The van der Waals surface area contributed by atoms with E-state index >= 15 is 0 Å². The van der Waals surface area contributed by atoms with Gasteiger partial charge in [0.15, 0.2) is 0 Å². The number of benzene rings is 1. The van der Waals surface area contributed by atoms with Crippen LogP contribution in [0.5, 0.6) is 0 Å². The van der Waals surface area contributed by atoms with Gasteiger partial charge in [-0.25, -0.2) is 9.37 Å². The average molecular weight is 201 g/mol. The van der Waals surface area contributed by atoms with E-state index in [0.29, 0.717) is 11.5 Å².